The molecule has 1 aliphatic heterocycles. The van der Waals surface area contributed by atoms with Crippen LogP contribution in [-0.4, -0.2) is 35.1 Å². The number of rotatable bonds is 4. The highest BCUT2D eigenvalue weighted by Crippen LogP contribution is 2.21. The maximum absolute atomic E-state index is 12.1. The van der Waals surface area contributed by atoms with Gasteiger partial charge in [-0.25, -0.2) is 0 Å². The zero-order chi connectivity index (χ0) is 14.8. The zero-order valence-electron chi connectivity index (χ0n) is 12.8. The lowest BCUT2D eigenvalue weighted by Crippen LogP contribution is -2.33. The van der Waals surface area contributed by atoms with Gasteiger partial charge in [0.05, 0.1) is 5.52 Å². The number of benzene rings is 1. The number of anilines is 1. The van der Waals surface area contributed by atoms with Crippen molar-refractivity contribution >= 4 is 16.6 Å². The van der Waals surface area contributed by atoms with Gasteiger partial charge in [-0.1, -0.05) is 18.2 Å². The second kappa shape index (κ2) is 5.90. The van der Waals surface area contributed by atoms with Crippen LogP contribution in [-0.2, 0) is 7.05 Å². The van der Waals surface area contributed by atoms with Crippen molar-refractivity contribution in [1.82, 2.24) is 9.47 Å². The van der Waals surface area contributed by atoms with E-state index in [-0.39, 0.29) is 5.56 Å². The fourth-order valence-corrected chi connectivity index (χ4v) is 3.19. The fourth-order valence-electron chi connectivity index (χ4n) is 3.19. The van der Waals surface area contributed by atoms with Crippen molar-refractivity contribution in [3.05, 3.63) is 40.7 Å². The molecule has 0 aliphatic carbocycles. The largest absolute Gasteiger partial charge is 0.381 e. The zero-order valence-corrected chi connectivity index (χ0v) is 12.8. The van der Waals surface area contributed by atoms with Gasteiger partial charge < -0.3 is 14.8 Å². The average Bonchev–Trinajstić information content (AvgIpc) is 2.97. The molecule has 112 valence electrons. The molecule has 1 unspecified atom stereocenters. The Kier molecular flexibility index (Phi) is 3.97. The lowest BCUT2D eigenvalue weighted by molar-refractivity contribution is 0.328. The highest BCUT2D eigenvalue weighted by atomic mass is 16.1. The highest BCUT2D eigenvalue weighted by molar-refractivity contribution is 5.91. The summed E-state index contributed by atoms with van der Waals surface area (Å²) in [6.45, 7) is 5.61. The Labute approximate surface area is 125 Å². The number of pyridine rings is 1. The van der Waals surface area contributed by atoms with Crippen LogP contribution in [0, 0.1) is 0 Å². The molecule has 0 radical (unpaired) electrons. The van der Waals surface area contributed by atoms with E-state index in [0.29, 0.717) is 6.04 Å². The van der Waals surface area contributed by atoms with E-state index in [9.17, 15) is 4.79 Å². The quantitative estimate of drug-likeness (QED) is 0.937. The van der Waals surface area contributed by atoms with E-state index in [1.54, 1.807) is 10.6 Å². The van der Waals surface area contributed by atoms with Crippen molar-refractivity contribution in [3.8, 4) is 0 Å². The molecular weight excluding hydrogens is 262 g/mol. The van der Waals surface area contributed by atoms with Crippen LogP contribution in [0.25, 0.3) is 10.9 Å². The number of nitrogens with one attached hydrogen (secondary N) is 1. The van der Waals surface area contributed by atoms with Crippen molar-refractivity contribution in [2.24, 2.45) is 7.05 Å². The molecule has 3 rings (SSSR count). The molecule has 2 aromatic rings. The van der Waals surface area contributed by atoms with Gasteiger partial charge in [-0.2, -0.15) is 0 Å². The monoisotopic (exact) mass is 285 g/mol. The summed E-state index contributed by atoms with van der Waals surface area (Å²) in [6.07, 6.45) is 2.61. The molecule has 1 N–H and O–H groups in total. The lowest BCUT2D eigenvalue weighted by atomic mass is 10.1. The second-order valence-corrected chi connectivity index (χ2v) is 6.03. The third-order valence-corrected chi connectivity index (χ3v) is 4.29. The molecule has 1 atom stereocenters. The fraction of sp³-hybridized carbons (Fsp3) is 0.471. The number of para-hydroxylation sites is 1. The van der Waals surface area contributed by atoms with Crippen molar-refractivity contribution in [1.29, 1.82) is 0 Å². The van der Waals surface area contributed by atoms with E-state index in [0.717, 1.165) is 23.1 Å². The molecule has 21 heavy (non-hydrogen) atoms. The van der Waals surface area contributed by atoms with Gasteiger partial charge in [0.15, 0.2) is 0 Å². The van der Waals surface area contributed by atoms with Gasteiger partial charge in [-0.3, -0.25) is 4.79 Å². The first-order valence-corrected chi connectivity index (χ1v) is 7.73. The molecule has 4 nitrogen and oxygen atoms in total. The molecule has 1 aromatic carbocycles. The SMILES string of the molecule is CC(CN1CCCC1)Nc1cc(=O)n(C)c2ccccc12. The Morgan fingerprint density at radius 1 is 1.24 bits per heavy atom. The van der Waals surface area contributed by atoms with E-state index in [2.05, 4.69) is 23.2 Å². The molecule has 1 fully saturated rings. The lowest BCUT2D eigenvalue weighted by Gasteiger charge is -2.23. The number of hydrogen-bond acceptors (Lipinski definition) is 3. The number of aryl methyl sites for hydroxylation is 1. The predicted octanol–water partition coefficient (Wildman–Crippen LogP) is 2.43. The Morgan fingerprint density at radius 2 is 1.95 bits per heavy atom. The summed E-state index contributed by atoms with van der Waals surface area (Å²) in [5.74, 6) is 0. The average molecular weight is 285 g/mol. The van der Waals surface area contributed by atoms with E-state index in [4.69, 9.17) is 0 Å². The first kappa shape index (κ1) is 14.1. The van der Waals surface area contributed by atoms with Gasteiger partial charge in [0.25, 0.3) is 5.56 Å². The number of nitrogens with zero attached hydrogens (tertiary/aromatic N) is 2. The molecule has 0 saturated carbocycles. The molecule has 1 saturated heterocycles. The predicted molar refractivity (Wildman–Crippen MR) is 87.9 cm³/mol. The van der Waals surface area contributed by atoms with E-state index in [1.807, 2.05) is 25.2 Å². The van der Waals surface area contributed by atoms with Crippen LogP contribution in [0.15, 0.2) is 35.1 Å². The standard InChI is InChI=1S/C17H23N3O/c1-13(12-20-9-5-6-10-20)18-15-11-17(21)19(2)16-8-4-3-7-14(15)16/h3-4,7-8,11,13,18H,5-6,9-10,12H2,1-2H3. The maximum atomic E-state index is 12.1. The third-order valence-electron chi connectivity index (χ3n) is 4.29. The van der Waals surface area contributed by atoms with Crippen molar-refractivity contribution in [2.75, 3.05) is 25.0 Å². The molecule has 1 aliphatic rings. The second-order valence-electron chi connectivity index (χ2n) is 6.03. The Morgan fingerprint density at radius 3 is 2.71 bits per heavy atom. The molecule has 2 heterocycles. The number of hydrogen-bond donors (Lipinski definition) is 1. The normalized spacial score (nSPS) is 17.2. The van der Waals surface area contributed by atoms with Crippen LogP contribution >= 0.6 is 0 Å². The van der Waals surface area contributed by atoms with Crippen LogP contribution in [0.4, 0.5) is 5.69 Å². The molecule has 1 aromatic heterocycles. The van der Waals surface area contributed by atoms with E-state index >= 15 is 0 Å². The third kappa shape index (κ3) is 2.95. The van der Waals surface area contributed by atoms with E-state index < -0.39 is 0 Å². The minimum Gasteiger partial charge on any atom is -0.381 e. The minimum atomic E-state index is 0.0320. The van der Waals surface area contributed by atoms with Gasteiger partial charge in [0, 0.05) is 36.8 Å². The summed E-state index contributed by atoms with van der Waals surface area (Å²) >= 11 is 0. The van der Waals surface area contributed by atoms with Crippen molar-refractivity contribution in [2.45, 2.75) is 25.8 Å². The van der Waals surface area contributed by atoms with Crippen LogP contribution in [0.3, 0.4) is 0 Å². The summed E-state index contributed by atoms with van der Waals surface area (Å²) in [6, 6.07) is 10.1. The number of aromatic nitrogens is 1. The van der Waals surface area contributed by atoms with Gasteiger partial charge in [-0.15, -0.1) is 0 Å². The highest BCUT2D eigenvalue weighted by Gasteiger charge is 2.15. The molecular formula is C17H23N3O. The Hall–Kier alpha value is -1.81. The van der Waals surface area contributed by atoms with Gasteiger partial charge in [0.1, 0.15) is 0 Å². The molecule has 0 bridgehead atoms. The first-order valence-electron chi connectivity index (χ1n) is 7.73. The van der Waals surface area contributed by atoms with Crippen LogP contribution < -0.4 is 10.9 Å². The van der Waals surface area contributed by atoms with Gasteiger partial charge >= 0.3 is 0 Å². The molecule has 4 heteroatoms. The smallest absolute Gasteiger partial charge is 0.252 e. The number of fused-ring (bicyclic) bond motifs is 1. The summed E-state index contributed by atoms with van der Waals surface area (Å²) < 4.78 is 1.70. The summed E-state index contributed by atoms with van der Waals surface area (Å²) in [5.41, 5.74) is 1.95. The summed E-state index contributed by atoms with van der Waals surface area (Å²) in [4.78, 5) is 14.6. The number of likely N-dealkylation sites (tertiary alicyclic amines) is 1. The summed E-state index contributed by atoms with van der Waals surface area (Å²) in [7, 11) is 1.82. The summed E-state index contributed by atoms with van der Waals surface area (Å²) in [5, 5.41) is 4.63. The molecule has 0 amide bonds. The van der Waals surface area contributed by atoms with Crippen LogP contribution in [0.2, 0.25) is 0 Å². The Bertz CT molecular complexity index is 686. The molecule has 0 spiro atoms. The van der Waals surface area contributed by atoms with Gasteiger partial charge in [-0.05, 0) is 38.9 Å². The van der Waals surface area contributed by atoms with Crippen molar-refractivity contribution in [3.63, 3.8) is 0 Å². The first-order chi connectivity index (χ1) is 10.1. The van der Waals surface area contributed by atoms with Crippen LogP contribution in [0.1, 0.15) is 19.8 Å². The Balaban J connectivity index is 1.86. The maximum Gasteiger partial charge on any atom is 0.252 e. The van der Waals surface area contributed by atoms with Gasteiger partial charge in [0.2, 0.25) is 0 Å². The van der Waals surface area contributed by atoms with E-state index in [1.165, 1.54) is 25.9 Å². The van der Waals surface area contributed by atoms with Crippen molar-refractivity contribution < 1.29 is 0 Å². The topological polar surface area (TPSA) is 37.3 Å². The van der Waals surface area contributed by atoms with Crippen LogP contribution in [0.5, 0.6) is 0 Å². The minimum absolute atomic E-state index is 0.0320.